The first-order valence-electron chi connectivity index (χ1n) is 8.86. The van der Waals surface area contributed by atoms with Crippen LogP contribution < -0.4 is 5.32 Å². The molecule has 0 bridgehead atoms. The van der Waals surface area contributed by atoms with Crippen LogP contribution in [0.4, 0.5) is 45.2 Å². The van der Waals surface area contributed by atoms with E-state index >= 15 is 0 Å². The molecule has 34 heavy (non-hydrogen) atoms. The van der Waals surface area contributed by atoms with Crippen LogP contribution in [-0.4, -0.2) is 30.8 Å². The highest BCUT2D eigenvalue weighted by molar-refractivity contribution is 7.91. The van der Waals surface area contributed by atoms with Gasteiger partial charge in [-0.15, -0.1) is 0 Å². The summed E-state index contributed by atoms with van der Waals surface area (Å²) in [6.45, 7) is 0.575. The number of carbonyl (C=O) groups excluding carboxylic acids is 1. The molecule has 1 atom stereocenters. The zero-order valence-electron chi connectivity index (χ0n) is 16.7. The van der Waals surface area contributed by atoms with Crippen LogP contribution >= 0.6 is 0 Å². The van der Waals surface area contributed by atoms with Crippen molar-refractivity contribution in [2.45, 2.75) is 35.9 Å². The summed E-state index contributed by atoms with van der Waals surface area (Å²) in [7, 11) is -4.77. The molecule has 1 amide bonds. The molecule has 0 aliphatic rings. The Hall–Kier alpha value is -2.81. The Bertz CT molecular complexity index is 1150. The van der Waals surface area contributed by atoms with Gasteiger partial charge < -0.3 is 10.4 Å². The van der Waals surface area contributed by atoms with Crippen molar-refractivity contribution in [3.05, 3.63) is 59.2 Å². The number of alkyl halides is 9. The minimum Gasteiger partial charge on any atom is -0.379 e. The van der Waals surface area contributed by atoms with Crippen LogP contribution in [0.15, 0.2) is 47.4 Å². The van der Waals surface area contributed by atoms with Crippen molar-refractivity contribution in [2.75, 3.05) is 11.1 Å². The minimum atomic E-state index is -5.24. The predicted molar refractivity (Wildman–Crippen MR) is 99.2 cm³/mol. The number of benzene rings is 2. The Labute approximate surface area is 186 Å². The lowest BCUT2D eigenvalue weighted by Crippen LogP contribution is -2.45. The molecule has 2 rings (SSSR count). The number of sulfone groups is 1. The van der Waals surface area contributed by atoms with Crippen molar-refractivity contribution in [3.8, 4) is 0 Å². The van der Waals surface area contributed by atoms with Crippen molar-refractivity contribution in [3.63, 3.8) is 0 Å². The molecule has 0 aromatic heterocycles. The van der Waals surface area contributed by atoms with Gasteiger partial charge >= 0.3 is 18.5 Å². The van der Waals surface area contributed by atoms with E-state index in [0.717, 1.165) is 12.1 Å². The number of rotatable bonds is 5. The van der Waals surface area contributed by atoms with Gasteiger partial charge in [0, 0.05) is 5.69 Å². The third kappa shape index (κ3) is 6.62. The maximum absolute atomic E-state index is 12.9. The molecule has 0 aliphatic heterocycles. The Morgan fingerprint density at radius 1 is 0.824 bits per heavy atom. The molecule has 0 saturated carbocycles. The van der Waals surface area contributed by atoms with E-state index in [9.17, 15) is 57.8 Å². The molecule has 0 spiro atoms. The van der Waals surface area contributed by atoms with Crippen molar-refractivity contribution >= 4 is 21.4 Å². The third-order valence-electron chi connectivity index (χ3n) is 4.33. The van der Waals surface area contributed by atoms with E-state index in [1.54, 1.807) is 5.32 Å². The molecule has 2 aromatic rings. The van der Waals surface area contributed by atoms with Gasteiger partial charge in [0.1, 0.15) is 0 Å². The number of nitrogens with one attached hydrogen (secondary N) is 1. The van der Waals surface area contributed by atoms with Gasteiger partial charge in [0.2, 0.25) is 0 Å². The van der Waals surface area contributed by atoms with Crippen LogP contribution in [0.3, 0.4) is 0 Å². The fourth-order valence-corrected chi connectivity index (χ4v) is 4.31. The van der Waals surface area contributed by atoms with E-state index in [4.69, 9.17) is 0 Å². The van der Waals surface area contributed by atoms with E-state index in [1.165, 1.54) is 0 Å². The highest BCUT2D eigenvalue weighted by Gasteiger charge is 2.40. The van der Waals surface area contributed by atoms with Gasteiger partial charge in [-0.25, -0.2) is 8.42 Å². The normalized spacial score (nSPS) is 15.0. The van der Waals surface area contributed by atoms with Crippen LogP contribution in [0, 0.1) is 0 Å². The maximum Gasteiger partial charge on any atom is 0.416 e. The quantitative estimate of drug-likeness (QED) is 0.546. The zero-order valence-corrected chi connectivity index (χ0v) is 17.5. The molecule has 1 unspecified atom stereocenters. The van der Waals surface area contributed by atoms with E-state index in [1.807, 2.05) is 0 Å². The number of halogens is 9. The first kappa shape index (κ1) is 27.4. The highest BCUT2D eigenvalue weighted by atomic mass is 32.2. The molecule has 0 fully saturated rings. The van der Waals surface area contributed by atoms with E-state index < -0.39 is 72.9 Å². The predicted octanol–water partition coefficient (Wildman–Crippen LogP) is 4.91. The van der Waals surface area contributed by atoms with E-state index in [0.29, 0.717) is 13.0 Å². The van der Waals surface area contributed by atoms with Crippen molar-refractivity contribution in [1.29, 1.82) is 0 Å². The first-order chi connectivity index (χ1) is 15.1. The fraction of sp³-hybridized carbons (Fsp3) is 0.316. The summed E-state index contributed by atoms with van der Waals surface area (Å²) in [5, 5.41) is 11.9. The molecule has 0 saturated heterocycles. The van der Waals surface area contributed by atoms with Gasteiger partial charge in [0.05, 0.1) is 27.3 Å². The summed E-state index contributed by atoms with van der Waals surface area (Å²) in [6.07, 6.45) is -15.4. The van der Waals surface area contributed by atoms with Gasteiger partial charge in [0.15, 0.2) is 15.4 Å². The largest absolute Gasteiger partial charge is 0.416 e. The summed E-state index contributed by atoms with van der Waals surface area (Å²) in [4.78, 5) is 11.4. The van der Waals surface area contributed by atoms with Gasteiger partial charge in [0.25, 0.3) is 5.91 Å². The van der Waals surface area contributed by atoms with Gasteiger partial charge in [-0.1, -0.05) is 6.07 Å². The smallest absolute Gasteiger partial charge is 0.379 e. The summed E-state index contributed by atoms with van der Waals surface area (Å²) in [5.74, 6) is -3.24. The topological polar surface area (TPSA) is 83.5 Å². The van der Waals surface area contributed by atoms with Crippen LogP contribution in [0.5, 0.6) is 0 Å². The van der Waals surface area contributed by atoms with Gasteiger partial charge in [-0.3, -0.25) is 4.79 Å². The maximum atomic E-state index is 12.9. The van der Waals surface area contributed by atoms with Crippen LogP contribution in [0.2, 0.25) is 0 Å². The number of anilines is 1. The van der Waals surface area contributed by atoms with Crippen molar-refractivity contribution < 1.29 is 57.8 Å². The second-order valence-electron chi connectivity index (χ2n) is 7.31. The molecule has 15 heteroatoms. The van der Waals surface area contributed by atoms with Gasteiger partial charge in [-0.05, 0) is 43.3 Å². The lowest BCUT2D eigenvalue weighted by atomic mass is 10.1. The van der Waals surface area contributed by atoms with Crippen molar-refractivity contribution in [1.82, 2.24) is 0 Å². The van der Waals surface area contributed by atoms with E-state index in [-0.39, 0.29) is 24.3 Å². The summed E-state index contributed by atoms with van der Waals surface area (Å²) in [5.41, 5.74) is -8.92. The monoisotopic (exact) mass is 523 g/mol. The van der Waals surface area contributed by atoms with Gasteiger partial charge in [-0.2, -0.15) is 39.5 Å². The molecule has 0 aliphatic carbocycles. The number of hydrogen-bond acceptors (Lipinski definition) is 4. The molecule has 0 radical (unpaired) electrons. The molecule has 0 heterocycles. The second kappa shape index (κ2) is 8.76. The Morgan fingerprint density at radius 3 is 1.74 bits per heavy atom. The fourth-order valence-electron chi connectivity index (χ4n) is 2.68. The molecule has 2 aromatic carbocycles. The average molecular weight is 523 g/mol. The zero-order chi connectivity index (χ0) is 26.3. The number of amides is 1. The number of hydrogen-bond donors (Lipinski definition) is 2. The molecular formula is C19H14F9NO4S. The van der Waals surface area contributed by atoms with Crippen LogP contribution in [0.25, 0.3) is 0 Å². The Morgan fingerprint density at radius 2 is 1.29 bits per heavy atom. The van der Waals surface area contributed by atoms with Crippen LogP contribution in [-0.2, 0) is 33.2 Å². The average Bonchev–Trinajstić information content (AvgIpc) is 2.65. The second-order valence-corrected chi connectivity index (χ2v) is 9.30. The minimum absolute atomic E-state index is 0.129. The lowest BCUT2D eigenvalue weighted by Gasteiger charge is -2.23. The SMILES string of the molecule is CC(O)(CS(=O)(=O)c1cccc(C(F)(F)F)c1)C(=O)Nc1cc(C(F)(F)F)cc(C(F)(F)F)c1. The van der Waals surface area contributed by atoms with E-state index in [2.05, 4.69) is 0 Å². The first-order valence-corrected chi connectivity index (χ1v) is 10.5. The standard InChI is InChI=1S/C19H14F9NO4S/c1-16(31,9-34(32,33)14-4-2-3-10(8-14)17(20,21)22)15(30)29-13-6-11(18(23,24)25)5-12(7-13)19(26,27)28/h2-8,31H,9H2,1H3,(H,29,30). The number of carbonyl (C=O) groups is 1. The summed E-state index contributed by atoms with van der Waals surface area (Å²) >= 11 is 0. The van der Waals surface area contributed by atoms with Crippen LogP contribution in [0.1, 0.15) is 23.6 Å². The lowest BCUT2D eigenvalue weighted by molar-refractivity contribution is -0.143. The number of aliphatic hydroxyl groups is 1. The summed E-state index contributed by atoms with van der Waals surface area (Å²) < 4.78 is 141. The Kier molecular flexibility index (Phi) is 7.07. The third-order valence-corrected chi connectivity index (χ3v) is 6.24. The summed E-state index contributed by atoms with van der Waals surface area (Å²) in [6, 6.07) is 2.36. The molecule has 188 valence electrons. The molecule has 2 N–H and O–H groups in total. The van der Waals surface area contributed by atoms with Crippen molar-refractivity contribution in [2.24, 2.45) is 0 Å². The molecule has 5 nitrogen and oxygen atoms in total. The molecular weight excluding hydrogens is 509 g/mol. The highest BCUT2D eigenvalue weighted by Crippen LogP contribution is 2.38. The Balaban J connectivity index is 2.36.